The normalized spacial score (nSPS) is 11.3. The Balaban J connectivity index is 2.16. The van der Waals surface area contributed by atoms with E-state index in [1.54, 1.807) is 25.1 Å². The summed E-state index contributed by atoms with van der Waals surface area (Å²) in [5.41, 5.74) is 2.98. The van der Waals surface area contributed by atoms with Crippen LogP contribution in [0.15, 0.2) is 30.3 Å². The molecule has 0 spiro atoms. The predicted molar refractivity (Wildman–Crippen MR) is 103 cm³/mol. The third-order valence-electron chi connectivity index (χ3n) is 3.93. The number of aryl methyl sites for hydroxylation is 2. The maximum absolute atomic E-state index is 12.3. The van der Waals surface area contributed by atoms with Crippen molar-refractivity contribution in [2.24, 2.45) is 0 Å². The van der Waals surface area contributed by atoms with Crippen LogP contribution in [0, 0.1) is 6.92 Å². The molecule has 140 valence electrons. The molecule has 1 amide bonds. The maximum atomic E-state index is 12.3. The van der Waals surface area contributed by atoms with Crippen molar-refractivity contribution in [3.8, 4) is 11.3 Å². The molecule has 6 nitrogen and oxygen atoms in total. The van der Waals surface area contributed by atoms with Gasteiger partial charge in [0.1, 0.15) is 5.82 Å². The second-order valence-corrected chi connectivity index (χ2v) is 8.61. The van der Waals surface area contributed by atoms with Gasteiger partial charge in [0.25, 0.3) is 5.91 Å². The first kappa shape index (κ1) is 20.0. The van der Waals surface area contributed by atoms with E-state index < -0.39 is 9.84 Å². The van der Waals surface area contributed by atoms with Gasteiger partial charge in [-0.05, 0) is 31.5 Å². The second kappa shape index (κ2) is 8.89. The lowest BCUT2D eigenvalue weighted by molar-refractivity contribution is 0.0956. The number of hydrogen-bond donors (Lipinski definition) is 1. The SMILES string of the molecule is CCCc1nc(C)cc(-c2cccc(C(=O)NCCS(=O)(=O)CC)c2)n1. The summed E-state index contributed by atoms with van der Waals surface area (Å²) in [5, 5.41) is 2.66. The zero-order chi connectivity index (χ0) is 19.2. The lowest BCUT2D eigenvalue weighted by Crippen LogP contribution is -2.29. The Labute approximate surface area is 155 Å². The molecular weight excluding hydrogens is 350 g/mol. The van der Waals surface area contributed by atoms with Crippen LogP contribution in [0.4, 0.5) is 0 Å². The van der Waals surface area contributed by atoms with Crippen molar-refractivity contribution in [3.63, 3.8) is 0 Å². The van der Waals surface area contributed by atoms with Crippen molar-refractivity contribution < 1.29 is 13.2 Å². The number of carbonyl (C=O) groups excluding carboxylic acids is 1. The van der Waals surface area contributed by atoms with Crippen LogP contribution >= 0.6 is 0 Å². The summed E-state index contributed by atoms with van der Waals surface area (Å²) in [6.07, 6.45) is 1.77. The molecule has 0 fully saturated rings. The minimum absolute atomic E-state index is 0.0551. The molecule has 0 aliphatic rings. The summed E-state index contributed by atoms with van der Waals surface area (Å²) < 4.78 is 23.0. The van der Waals surface area contributed by atoms with Gasteiger partial charge in [-0.3, -0.25) is 4.79 Å². The van der Waals surface area contributed by atoms with Crippen LogP contribution in [0.5, 0.6) is 0 Å². The average molecular weight is 375 g/mol. The van der Waals surface area contributed by atoms with Crippen molar-refractivity contribution in [1.82, 2.24) is 15.3 Å². The standard InChI is InChI=1S/C19H25N3O3S/c1-4-7-18-21-14(3)12-17(22-18)15-8-6-9-16(13-15)19(23)20-10-11-26(24,25)5-2/h6,8-9,12-13H,4-5,7,10-11H2,1-3H3,(H,20,23). The minimum atomic E-state index is -3.10. The molecule has 26 heavy (non-hydrogen) atoms. The maximum Gasteiger partial charge on any atom is 0.251 e. The van der Waals surface area contributed by atoms with Crippen LogP contribution in [0.3, 0.4) is 0 Å². The van der Waals surface area contributed by atoms with Gasteiger partial charge in [0.05, 0.1) is 11.4 Å². The predicted octanol–water partition coefficient (Wildman–Crippen LogP) is 2.57. The van der Waals surface area contributed by atoms with Crippen LogP contribution < -0.4 is 5.32 Å². The first-order chi connectivity index (χ1) is 12.3. The Bertz CT molecular complexity index is 879. The minimum Gasteiger partial charge on any atom is -0.351 e. The van der Waals surface area contributed by atoms with Gasteiger partial charge in [0.15, 0.2) is 9.84 Å². The third-order valence-corrected chi connectivity index (χ3v) is 5.64. The lowest BCUT2D eigenvalue weighted by Gasteiger charge is -2.09. The van der Waals surface area contributed by atoms with E-state index in [4.69, 9.17) is 0 Å². The van der Waals surface area contributed by atoms with E-state index in [0.29, 0.717) is 5.56 Å². The summed E-state index contributed by atoms with van der Waals surface area (Å²) in [6.45, 7) is 5.70. The Morgan fingerprint density at radius 1 is 1.15 bits per heavy atom. The quantitative estimate of drug-likeness (QED) is 0.766. The van der Waals surface area contributed by atoms with E-state index in [0.717, 1.165) is 35.6 Å². The van der Waals surface area contributed by atoms with E-state index in [-0.39, 0.29) is 24.0 Å². The smallest absolute Gasteiger partial charge is 0.251 e. The number of benzene rings is 1. The molecule has 1 heterocycles. The van der Waals surface area contributed by atoms with Crippen molar-refractivity contribution >= 4 is 15.7 Å². The van der Waals surface area contributed by atoms with E-state index in [2.05, 4.69) is 22.2 Å². The number of sulfone groups is 1. The zero-order valence-corrected chi connectivity index (χ0v) is 16.3. The largest absolute Gasteiger partial charge is 0.351 e. The highest BCUT2D eigenvalue weighted by Gasteiger charge is 2.11. The number of rotatable bonds is 8. The third kappa shape index (κ3) is 5.62. The van der Waals surface area contributed by atoms with Gasteiger partial charge < -0.3 is 5.32 Å². The van der Waals surface area contributed by atoms with Gasteiger partial charge in [-0.1, -0.05) is 26.0 Å². The van der Waals surface area contributed by atoms with Gasteiger partial charge in [-0.25, -0.2) is 18.4 Å². The number of nitrogens with zero attached hydrogens (tertiary/aromatic N) is 2. The molecule has 7 heteroatoms. The molecule has 0 bridgehead atoms. The second-order valence-electron chi connectivity index (χ2n) is 6.13. The molecule has 1 aromatic heterocycles. The summed E-state index contributed by atoms with van der Waals surface area (Å²) >= 11 is 0. The molecule has 0 aliphatic heterocycles. The van der Waals surface area contributed by atoms with Crippen LogP contribution in [0.25, 0.3) is 11.3 Å². The van der Waals surface area contributed by atoms with Crippen LogP contribution in [0.1, 0.15) is 42.1 Å². The molecular formula is C19H25N3O3S. The number of carbonyl (C=O) groups is 1. The number of nitrogens with one attached hydrogen (secondary N) is 1. The fourth-order valence-corrected chi connectivity index (χ4v) is 3.20. The van der Waals surface area contributed by atoms with Crippen molar-refractivity contribution in [3.05, 3.63) is 47.4 Å². The Kier molecular flexibility index (Phi) is 6.85. The van der Waals surface area contributed by atoms with E-state index in [9.17, 15) is 13.2 Å². The van der Waals surface area contributed by atoms with Gasteiger partial charge in [-0.15, -0.1) is 0 Å². The van der Waals surface area contributed by atoms with Crippen molar-refractivity contribution in [2.75, 3.05) is 18.1 Å². The Morgan fingerprint density at radius 2 is 1.92 bits per heavy atom. The van der Waals surface area contributed by atoms with Gasteiger partial charge in [-0.2, -0.15) is 0 Å². The lowest BCUT2D eigenvalue weighted by atomic mass is 10.1. The topological polar surface area (TPSA) is 89.0 Å². The Hall–Kier alpha value is -2.28. The first-order valence-corrected chi connectivity index (χ1v) is 10.6. The first-order valence-electron chi connectivity index (χ1n) is 8.78. The highest BCUT2D eigenvalue weighted by molar-refractivity contribution is 7.91. The average Bonchev–Trinajstić information content (AvgIpc) is 2.61. The van der Waals surface area contributed by atoms with Crippen molar-refractivity contribution in [1.29, 1.82) is 0 Å². The number of aromatic nitrogens is 2. The van der Waals surface area contributed by atoms with Gasteiger partial charge in [0, 0.05) is 35.5 Å². The molecule has 0 aliphatic carbocycles. The molecule has 0 saturated heterocycles. The fourth-order valence-electron chi connectivity index (χ4n) is 2.50. The highest BCUT2D eigenvalue weighted by Crippen LogP contribution is 2.19. The number of amides is 1. The van der Waals surface area contributed by atoms with Gasteiger partial charge >= 0.3 is 0 Å². The summed E-state index contributed by atoms with van der Waals surface area (Å²) in [6, 6.07) is 9.05. The molecule has 1 N–H and O–H groups in total. The molecule has 0 atom stereocenters. The highest BCUT2D eigenvalue weighted by atomic mass is 32.2. The monoisotopic (exact) mass is 375 g/mol. The van der Waals surface area contributed by atoms with Crippen molar-refractivity contribution in [2.45, 2.75) is 33.6 Å². The zero-order valence-electron chi connectivity index (χ0n) is 15.4. The van der Waals surface area contributed by atoms with E-state index in [1.165, 1.54) is 0 Å². The molecule has 2 rings (SSSR count). The summed E-state index contributed by atoms with van der Waals surface area (Å²) in [7, 11) is -3.10. The number of hydrogen-bond acceptors (Lipinski definition) is 5. The van der Waals surface area contributed by atoms with Crippen LogP contribution in [-0.4, -0.2) is 42.3 Å². The molecule has 2 aromatic rings. The van der Waals surface area contributed by atoms with Crippen LogP contribution in [0.2, 0.25) is 0 Å². The van der Waals surface area contributed by atoms with Gasteiger partial charge in [0.2, 0.25) is 0 Å². The molecule has 0 radical (unpaired) electrons. The van der Waals surface area contributed by atoms with E-state index >= 15 is 0 Å². The summed E-state index contributed by atoms with van der Waals surface area (Å²) in [4.78, 5) is 21.3. The molecule has 1 aromatic carbocycles. The molecule has 0 unspecified atom stereocenters. The Morgan fingerprint density at radius 3 is 2.62 bits per heavy atom. The summed E-state index contributed by atoms with van der Waals surface area (Å²) in [5.74, 6) is 0.520. The van der Waals surface area contributed by atoms with Crippen LogP contribution in [-0.2, 0) is 16.3 Å². The van der Waals surface area contributed by atoms with E-state index in [1.807, 2.05) is 19.1 Å². The fraction of sp³-hybridized carbons (Fsp3) is 0.421. The molecule has 0 saturated carbocycles.